The van der Waals surface area contributed by atoms with Crippen molar-refractivity contribution in [1.82, 2.24) is 5.32 Å². The first-order valence-electron chi connectivity index (χ1n) is 4.85. The fraction of sp³-hybridized carbons (Fsp3) is 1.00. The largest absolute Gasteiger partial charge is 0.330 e. The van der Waals surface area contributed by atoms with Gasteiger partial charge in [-0.2, -0.15) is 0 Å². The maximum absolute atomic E-state index is 5.42. The van der Waals surface area contributed by atoms with E-state index in [0.717, 1.165) is 32.5 Å². The lowest BCUT2D eigenvalue weighted by Crippen LogP contribution is -2.16. The highest BCUT2D eigenvalue weighted by molar-refractivity contribution is 4.51. The van der Waals surface area contributed by atoms with Gasteiger partial charge in [0.1, 0.15) is 0 Å². The van der Waals surface area contributed by atoms with Gasteiger partial charge in [-0.25, -0.2) is 0 Å². The van der Waals surface area contributed by atoms with E-state index in [0.29, 0.717) is 6.04 Å². The van der Waals surface area contributed by atoms with Gasteiger partial charge in [0.25, 0.3) is 0 Å². The van der Waals surface area contributed by atoms with Crippen molar-refractivity contribution in [2.45, 2.75) is 39.7 Å². The molecule has 0 aliphatic carbocycles. The summed E-state index contributed by atoms with van der Waals surface area (Å²) in [5.74, 6) is 0. The fourth-order valence-electron chi connectivity index (χ4n) is 0.690. The lowest BCUT2D eigenvalue weighted by atomic mass is 10.2. The molecule has 0 amide bonds. The summed E-state index contributed by atoms with van der Waals surface area (Å²) in [5.41, 5.74) is 10.6. The van der Waals surface area contributed by atoms with Crippen molar-refractivity contribution >= 4 is 0 Å². The minimum atomic E-state index is 0.323. The Bertz CT molecular complexity index is 62.8. The first-order valence-corrected chi connectivity index (χ1v) is 4.85. The van der Waals surface area contributed by atoms with Crippen molar-refractivity contribution in [1.29, 1.82) is 0 Å². The molecule has 3 heteroatoms. The molecule has 0 saturated heterocycles. The molecule has 5 N–H and O–H groups in total. The maximum Gasteiger partial charge on any atom is 0.00109 e. The van der Waals surface area contributed by atoms with Gasteiger partial charge >= 0.3 is 0 Å². The zero-order valence-corrected chi connectivity index (χ0v) is 8.77. The first kappa shape index (κ1) is 14.4. The van der Waals surface area contributed by atoms with Gasteiger partial charge in [0.15, 0.2) is 0 Å². The van der Waals surface area contributed by atoms with Crippen LogP contribution >= 0.6 is 0 Å². The SMILES string of the molecule is CC(N)CCCN.CCNCC. The lowest BCUT2D eigenvalue weighted by Gasteiger charge is -1.99. The number of hydrogen-bond donors (Lipinski definition) is 3. The van der Waals surface area contributed by atoms with Crippen LogP contribution in [0.3, 0.4) is 0 Å². The van der Waals surface area contributed by atoms with Crippen LogP contribution in [-0.4, -0.2) is 25.7 Å². The normalized spacial score (nSPS) is 11.8. The molecule has 0 spiro atoms. The summed E-state index contributed by atoms with van der Waals surface area (Å²) >= 11 is 0. The van der Waals surface area contributed by atoms with Gasteiger partial charge in [-0.1, -0.05) is 13.8 Å². The second-order valence-corrected chi connectivity index (χ2v) is 2.87. The van der Waals surface area contributed by atoms with Gasteiger partial charge in [-0.3, -0.25) is 0 Å². The zero-order chi connectivity index (χ0) is 9.82. The lowest BCUT2D eigenvalue weighted by molar-refractivity contribution is 0.631. The van der Waals surface area contributed by atoms with E-state index in [1.165, 1.54) is 0 Å². The smallest absolute Gasteiger partial charge is 0.00109 e. The van der Waals surface area contributed by atoms with Crippen LogP contribution in [0.2, 0.25) is 0 Å². The van der Waals surface area contributed by atoms with Crippen molar-refractivity contribution in [3.63, 3.8) is 0 Å². The molecule has 0 bridgehead atoms. The monoisotopic (exact) mass is 175 g/mol. The summed E-state index contributed by atoms with van der Waals surface area (Å²) in [6.07, 6.45) is 2.11. The Hall–Kier alpha value is -0.120. The molecule has 0 aliphatic heterocycles. The highest BCUT2D eigenvalue weighted by Crippen LogP contribution is 1.88. The molecule has 0 fully saturated rings. The molecular weight excluding hydrogens is 150 g/mol. The summed E-state index contributed by atoms with van der Waals surface area (Å²) in [5, 5.41) is 3.11. The third kappa shape index (κ3) is 22.5. The van der Waals surface area contributed by atoms with E-state index >= 15 is 0 Å². The summed E-state index contributed by atoms with van der Waals surface area (Å²) in [6.45, 7) is 9.15. The number of hydrogen-bond acceptors (Lipinski definition) is 3. The van der Waals surface area contributed by atoms with Crippen LogP contribution in [0.15, 0.2) is 0 Å². The van der Waals surface area contributed by atoms with E-state index in [9.17, 15) is 0 Å². The van der Waals surface area contributed by atoms with Crippen molar-refractivity contribution in [2.24, 2.45) is 11.5 Å². The molecule has 76 valence electrons. The Morgan fingerprint density at radius 3 is 1.83 bits per heavy atom. The Morgan fingerprint density at radius 1 is 1.25 bits per heavy atom. The molecule has 0 radical (unpaired) electrons. The molecule has 0 aromatic carbocycles. The quantitative estimate of drug-likeness (QED) is 0.576. The Balaban J connectivity index is 0. The topological polar surface area (TPSA) is 64.1 Å². The molecule has 3 nitrogen and oxygen atoms in total. The molecule has 0 aromatic heterocycles. The molecule has 0 aromatic rings. The van der Waals surface area contributed by atoms with Gasteiger partial charge < -0.3 is 16.8 Å². The van der Waals surface area contributed by atoms with Crippen molar-refractivity contribution in [3.05, 3.63) is 0 Å². The van der Waals surface area contributed by atoms with Crippen LogP contribution in [0, 0.1) is 0 Å². The zero-order valence-electron chi connectivity index (χ0n) is 8.77. The summed E-state index contributed by atoms with van der Waals surface area (Å²) in [4.78, 5) is 0. The van der Waals surface area contributed by atoms with E-state index in [2.05, 4.69) is 19.2 Å². The Kier molecular flexibility index (Phi) is 16.2. The summed E-state index contributed by atoms with van der Waals surface area (Å²) in [7, 11) is 0. The van der Waals surface area contributed by atoms with Crippen LogP contribution in [0.25, 0.3) is 0 Å². The van der Waals surface area contributed by atoms with Gasteiger partial charge in [-0.15, -0.1) is 0 Å². The minimum absolute atomic E-state index is 0.323. The van der Waals surface area contributed by atoms with Crippen LogP contribution < -0.4 is 16.8 Å². The predicted octanol–water partition coefficient (Wildman–Crippen LogP) is 0.688. The molecule has 0 saturated carbocycles. The molecule has 0 aliphatic rings. The number of rotatable bonds is 5. The van der Waals surface area contributed by atoms with Crippen LogP contribution in [0.1, 0.15) is 33.6 Å². The average molecular weight is 175 g/mol. The molecular formula is C9H25N3. The van der Waals surface area contributed by atoms with Crippen LogP contribution in [0.4, 0.5) is 0 Å². The van der Waals surface area contributed by atoms with Gasteiger partial charge in [0.05, 0.1) is 0 Å². The van der Waals surface area contributed by atoms with Gasteiger partial charge in [0.2, 0.25) is 0 Å². The van der Waals surface area contributed by atoms with Crippen LogP contribution in [0.5, 0.6) is 0 Å². The van der Waals surface area contributed by atoms with E-state index < -0.39 is 0 Å². The summed E-state index contributed by atoms with van der Waals surface area (Å²) < 4.78 is 0. The third-order valence-electron chi connectivity index (χ3n) is 1.36. The third-order valence-corrected chi connectivity index (χ3v) is 1.36. The fourth-order valence-corrected chi connectivity index (χ4v) is 0.690. The molecule has 0 heterocycles. The first-order chi connectivity index (χ1) is 5.68. The predicted molar refractivity (Wildman–Crippen MR) is 56.2 cm³/mol. The number of nitrogens with one attached hydrogen (secondary N) is 1. The molecule has 0 rings (SSSR count). The molecule has 1 unspecified atom stereocenters. The summed E-state index contributed by atoms with van der Waals surface area (Å²) in [6, 6.07) is 0.323. The highest BCUT2D eigenvalue weighted by Gasteiger charge is 1.88. The Morgan fingerprint density at radius 2 is 1.75 bits per heavy atom. The average Bonchev–Trinajstić information content (AvgIpc) is 2.03. The van der Waals surface area contributed by atoms with E-state index in [1.807, 2.05) is 6.92 Å². The molecule has 12 heavy (non-hydrogen) atoms. The standard InChI is InChI=1S/C5H14N2.C4H11N/c1-5(7)3-2-4-6;1-3-5-4-2/h5H,2-4,6-7H2,1H3;5H,3-4H2,1-2H3. The maximum atomic E-state index is 5.42. The van der Waals surface area contributed by atoms with E-state index in [-0.39, 0.29) is 0 Å². The minimum Gasteiger partial charge on any atom is -0.330 e. The second kappa shape index (κ2) is 13.5. The van der Waals surface area contributed by atoms with Crippen LogP contribution in [-0.2, 0) is 0 Å². The van der Waals surface area contributed by atoms with Crippen molar-refractivity contribution in [3.8, 4) is 0 Å². The number of nitrogens with two attached hydrogens (primary N) is 2. The molecule has 1 atom stereocenters. The Labute approximate surface area is 76.9 Å². The highest BCUT2D eigenvalue weighted by atomic mass is 14.8. The van der Waals surface area contributed by atoms with Gasteiger partial charge in [0, 0.05) is 6.04 Å². The van der Waals surface area contributed by atoms with E-state index in [4.69, 9.17) is 11.5 Å². The van der Waals surface area contributed by atoms with Crippen molar-refractivity contribution in [2.75, 3.05) is 19.6 Å². The second-order valence-electron chi connectivity index (χ2n) is 2.87. The van der Waals surface area contributed by atoms with Crippen molar-refractivity contribution < 1.29 is 0 Å². The van der Waals surface area contributed by atoms with Gasteiger partial charge in [-0.05, 0) is 39.4 Å². The van der Waals surface area contributed by atoms with E-state index in [1.54, 1.807) is 0 Å².